The Hall–Kier alpha value is -0.830. The quantitative estimate of drug-likeness (QED) is 0.882. The monoisotopic (exact) mass is 254 g/mol. The average molecular weight is 255 g/mol. The van der Waals surface area contributed by atoms with Crippen LogP contribution in [-0.2, 0) is 10.2 Å². The highest BCUT2D eigenvalue weighted by molar-refractivity contribution is 9.10. The topological polar surface area (TPSA) is 37.3 Å². The molecular weight excluding hydrogens is 244 g/mol. The van der Waals surface area contributed by atoms with Gasteiger partial charge in [0.25, 0.3) is 0 Å². The van der Waals surface area contributed by atoms with E-state index in [1.54, 1.807) is 13.0 Å². The molecule has 1 aliphatic rings. The summed E-state index contributed by atoms with van der Waals surface area (Å²) in [5, 5.41) is 9.82. The van der Waals surface area contributed by atoms with Crippen molar-refractivity contribution in [3.63, 3.8) is 0 Å². The van der Waals surface area contributed by atoms with Gasteiger partial charge in [-0.3, -0.25) is 4.79 Å². The van der Waals surface area contributed by atoms with Gasteiger partial charge in [-0.1, -0.05) is 12.1 Å². The first-order chi connectivity index (χ1) is 6.58. The molecule has 2 rings (SSSR count). The van der Waals surface area contributed by atoms with Gasteiger partial charge in [0.1, 0.15) is 11.5 Å². The maximum atomic E-state index is 11.5. The van der Waals surface area contributed by atoms with E-state index in [1.165, 1.54) is 0 Å². The van der Waals surface area contributed by atoms with Gasteiger partial charge in [-0.2, -0.15) is 0 Å². The van der Waals surface area contributed by atoms with Crippen LogP contribution in [0.15, 0.2) is 22.7 Å². The highest BCUT2D eigenvalue weighted by atomic mass is 79.9. The van der Waals surface area contributed by atoms with E-state index in [0.717, 1.165) is 18.4 Å². The van der Waals surface area contributed by atoms with Crippen molar-refractivity contribution in [3.05, 3.63) is 28.2 Å². The lowest BCUT2D eigenvalue weighted by Gasteiger charge is -2.14. The number of ketones is 1. The third kappa shape index (κ3) is 1.27. The number of hydrogen-bond acceptors (Lipinski definition) is 2. The number of rotatable bonds is 2. The standard InChI is InChI=1S/C11H11BrO2/c1-7(13)11(5-6-11)8-3-2-4-9(12)10(8)14/h2-4,14H,5-6H2,1H3. The summed E-state index contributed by atoms with van der Waals surface area (Å²) in [6.07, 6.45) is 1.71. The molecule has 1 N–H and O–H groups in total. The van der Waals surface area contributed by atoms with Gasteiger partial charge in [0, 0.05) is 5.56 Å². The maximum absolute atomic E-state index is 11.5. The largest absolute Gasteiger partial charge is 0.506 e. The first-order valence-corrected chi connectivity index (χ1v) is 5.36. The van der Waals surface area contributed by atoms with Crippen LogP contribution in [0, 0.1) is 0 Å². The van der Waals surface area contributed by atoms with Crippen LogP contribution in [0.5, 0.6) is 5.75 Å². The Morgan fingerprint density at radius 1 is 1.50 bits per heavy atom. The van der Waals surface area contributed by atoms with Gasteiger partial charge in [-0.05, 0) is 41.8 Å². The zero-order chi connectivity index (χ0) is 10.3. The predicted molar refractivity (Wildman–Crippen MR) is 57.4 cm³/mol. The van der Waals surface area contributed by atoms with Crippen LogP contribution in [0.25, 0.3) is 0 Å². The Bertz CT molecular complexity index is 394. The normalized spacial score (nSPS) is 17.9. The van der Waals surface area contributed by atoms with Crippen molar-refractivity contribution in [1.82, 2.24) is 0 Å². The third-order valence-electron chi connectivity index (χ3n) is 2.93. The molecule has 0 amide bonds. The Balaban J connectivity index is 2.52. The Morgan fingerprint density at radius 2 is 2.14 bits per heavy atom. The predicted octanol–water partition coefficient (Wildman–Crippen LogP) is 2.78. The summed E-state index contributed by atoms with van der Waals surface area (Å²) in [7, 11) is 0. The molecule has 0 atom stereocenters. The highest BCUT2D eigenvalue weighted by Gasteiger charge is 2.50. The molecule has 0 aromatic heterocycles. The van der Waals surface area contributed by atoms with Crippen LogP contribution in [0.2, 0.25) is 0 Å². The smallest absolute Gasteiger partial charge is 0.140 e. The molecule has 0 spiro atoms. The molecule has 1 aromatic rings. The van der Waals surface area contributed by atoms with Crippen LogP contribution in [0.3, 0.4) is 0 Å². The minimum atomic E-state index is -0.395. The summed E-state index contributed by atoms with van der Waals surface area (Å²) in [6.45, 7) is 1.59. The molecule has 0 aliphatic heterocycles. The van der Waals surface area contributed by atoms with Gasteiger partial charge in [0.05, 0.1) is 9.89 Å². The van der Waals surface area contributed by atoms with Crippen molar-refractivity contribution in [2.45, 2.75) is 25.2 Å². The second-order valence-electron chi connectivity index (χ2n) is 3.77. The van der Waals surface area contributed by atoms with E-state index in [9.17, 15) is 9.90 Å². The van der Waals surface area contributed by atoms with E-state index in [0.29, 0.717) is 4.47 Å². The van der Waals surface area contributed by atoms with E-state index in [-0.39, 0.29) is 11.5 Å². The van der Waals surface area contributed by atoms with Crippen LogP contribution >= 0.6 is 15.9 Å². The summed E-state index contributed by atoms with van der Waals surface area (Å²) in [6, 6.07) is 5.45. The van der Waals surface area contributed by atoms with Gasteiger partial charge < -0.3 is 5.11 Å². The summed E-state index contributed by atoms with van der Waals surface area (Å²) in [4.78, 5) is 11.5. The molecule has 74 valence electrons. The molecule has 2 nitrogen and oxygen atoms in total. The van der Waals surface area contributed by atoms with E-state index in [4.69, 9.17) is 0 Å². The van der Waals surface area contributed by atoms with Crippen molar-refractivity contribution < 1.29 is 9.90 Å². The molecule has 0 bridgehead atoms. The molecule has 0 heterocycles. The molecule has 3 heteroatoms. The number of hydrogen-bond donors (Lipinski definition) is 1. The Labute approximate surface area is 91.1 Å². The van der Waals surface area contributed by atoms with Crippen molar-refractivity contribution in [2.24, 2.45) is 0 Å². The van der Waals surface area contributed by atoms with E-state index >= 15 is 0 Å². The molecule has 0 unspecified atom stereocenters. The fourth-order valence-corrected chi connectivity index (χ4v) is 2.20. The minimum Gasteiger partial charge on any atom is -0.506 e. The second-order valence-corrected chi connectivity index (χ2v) is 4.63. The van der Waals surface area contributed by atoms with Gasteiger partial charge in [0.2, 0.25) is 0 Å². The fourth-order valence-electron chi connectivity index (χ4n) is 1.84. The number of benzene rings is 1. The lowest BCUT2D eigenvalue weighted by atomic mass is 9.91. The highest BCUT2D eigenvalue weighted by Crippen LogP contribution is 2.52. The maximum Gasteiger partial charge on any atom is 0.140 e. The van der Waals surface area contributed by atoms with E-state index in [2.05, 4.69) is 15.9 Å². The van der Waals surface area contributed by atoms with Gasteiger partial charge in [-0.25, -0.2) is 0 Å². The SMILES string of the molecule is CC(=O)C1(c2cccc(Br)c2O)CC1. The molecular formula is C11H11BrO2. The first kappa shape index (κ1) is 9.71. The lowest BCUT2D eigenvalue weighted by Crippen LogP contribution is -2.16. The summed E-state index contributed by atoms with van der Waals surface area (Å²) >= 11 is 3.25. The number of halogens is 1. The van der Waals surface area contributed by atoms with Gasteiger partial charge >= 0.3 is 0 Å². The van der Waals surface area contributed by atoms with Gasteiger partial charge in [-0.15, -0.1) is 0 Å². The van der Waals surface area contributed by atoms with Crippen LogP contribution < -0.4 is 0 Å². The zero-order valence-electron chi connectivity index (χ0n) is 7.88. The molecule has 1 aliphatic carbocycles. The van der Waals surface area contributed by atoms with E-state index in [1.807, 2.05) is 12.1 Å². The second kappa shape index (κ2) is 3.09. The number of para-hydroxylation sites is 1. The first-order valence-electron chi connectivity index (χ1n) is 4.57. The molecule has 1 aromatic carbocycles. The summed E-state index contributed by atoms with van der Waals surface area (Å²) in [5.74, 6) is 0.353. The number of carbonyl (C=O) groups excluding carboxylic acids is 1. The fraction of sp³-hybridized carbons (Fsp3) is 0.364. The van der Waals surface area contributed by atoms with Crippen LogP contribution in [0.4, 0.5) is 0 Å². The van der Waals surface area contributed by atoms with Crippen LogP contribution in [-0.4, -0.2) is 10.9 Å². The van der Waals surface area contributed by atoms with Gasteiger partial charge in [0.15, 0.2) is 0 Å². The number of phenols is 1. The zero-order valence-corrected chi connectivity index (χ0v) is 9.47. The summed E-state index contributed by atoms with van der Waals surface area (Å²) < 4.78 is 0.655. The van der Waals surface area contributed by atoms with Crippen LogP contribution in [0.1, 0.15) is 25.3 Å². The number of aromatic hydroxyl groups is 1. The van der Waals surface area contributed by atoms with Crippen molar-refractivity contribution in [1.29, 1.82) is 0 Å². The average Bonchev–Trinajstić information content (AvgIpc) is 2.90. The molecule has 1 saturated carbocycles. The molecule has 14 heavy (non-hydrogen) atoms. The summed E-state index contributed by atoms with van der Waals surface area (Å²) in [5.41, 5.74) is 0.368. The number of Topliss-reactive ketones (excluding diaryl/α,β-unsaturated/α-hetero) is 1. The Kier molecular flexibility index (Phi) is 2.14. The number of phenolic OH excluding ortho intramolecular Hbond substituents is 1. The number of carbonyl (C=O) groups is 1. The van der Waals surface area contributed by atoms with Crippen molar-refractivity contribution in [2.75, 3.05) is 0 Å². The van der Waals surface area contributed by atoms with E-state index < -0.39 is 5.41 Å². The molecule has 0 radical (unpaired) electrons. The Morgan fingerprint density at radius 3 is 2.64 bits per heavy atom. The minimum absolute atomic E-state index is 0.144. The third-order valence-corrected chi connectivity index (χ3v) is 3.57. The van der Waals surface area contributed by atoms with Crippen molar-refractivity contribution >= 4 is 21.7 Å². The molecule has 0 saturated heterocycles. The molecule has 1 fully saturated rings. The van der Waals surface area contributed by atoms with Crippen molar-refractivity contribution in [3.8, 4) is 5.75 Å². The lowest BCUT2D eigenvalue weighted by molar-refractivity contribution is -0.119.